The van der Waals surface area contributed by atoms with Gasteiger partial charge in [0.1, 0.15) is 11.6 Å². The predicted molar refractivity (Wildman–Crippen MR) is 101 cm³/mol. The molecule has 7 nitrogen and oxygen atoms in total. The highest BCUT2D eigenvalue weighted by Gasteiger charge is 2.20. The van der Waals surface area contributed by atoms with E-state index in [1.807, 2.05) is 0 Å². The summed E-state index contributed by atoms with van der Waals surface area (Å²) in [6, 6.07) is 6.18. The van der Waals surface area contributed by atoms with Crippen LogP contribution in [-0.4, -0.2) is 46.3 Å². The molecule has 1 unspecified atom stereocenters. The SMILES string of the molecule is CC(C(=O)Nc1ccc(Cl)cn1)N(C)CC(=O)Nc1ccc(Br)cn1. The molecule has 0 aliphatic carbocycles. The molecular weight excluding hydrogens is 410 g/mol. The summed E-state index contributed by atoms with van der Waals surface area (Å²) in [5.41, 5.74) is 0. The number of nitrogens with zero attached hydrogens (tertiary/aromatic N) is 3. The molecule has 0 aromatic carbocycles. The van der Waals surface area contributed by atoms with E-state index >= 15 is 0 Å². The Kier molecular flexibility index (Phi) is 6.86. The number of aromatic nitrogens is 2. The summed E-state index contributed by atoms with van der Waals surface area (Å²) >= 11 is 9.04. The molecule has 2 rings (SSSR count). The molecular formula is C16H17BrClN5O2. The first-order chi connectivity index (χ1) is 11.8. The minimum atomic E-state index is -0.527. The maximum Gasteiger partial charge on any atom is 0.242 e. The lowest BCUT2D eigenvalue weighted by molar-refractivity contribution is -0.122. The van der Waals surface area contributed by atoms with Crippen LogP contribution in [0.2, 0.25) is 5.02 Å². The summed E-state index contributed by atoms with van der Waals surface area (Å²) in [7, 11) is 1.69. The average Bonchev–Trinajstić information content (AvgIpc) is 2.58. The van der Waals surface area contributed by atoms with Crippen LogP contribution >= 0.6 is 27.5 Å². The smallest absolute Gasteiger partial charge is 0.242 e. The van der Waals surface area contributed by atoms with Crippen LogP contribution in [-0.2, 0) is 9.59 Å². The number of halogens is 2. The molecule has 0 spiro atoms. The van der Waals surface area contributed by atoms with Gasteiger partial charge < -0.3 is 10.6 Å². The van der Waals surface area contributed by atoms with E-state index in [1.165, 1.54) is 6.20 Å². The van der Waals surface area contributed by atoms with Gasteiger partial charge in [-0.05, 0) is 54.2 Å². The van der Waals surface area contributed by atoms with Gasteiger partial charge in [0.2, 0.25) is 11.8 Å². The maximum absolute atomic E-state index is 12.2. The summed E-state index contributed by atoms with van der Waals surface area (Å²) in [6.07, 6.45) is 3.04. The van der Waals surface area contributed by atoms with Crippen LogP contribution in [0.25, 0.3) is 0 Å². The van der Waals surface area contributed by atoms with Crippen LogP contribution in [0.5, 0.6) is 0 Å². The van der Waals surface area contributed by atoms with E-state index in [-0.39, 0.29) is 18.4 Å². The number of hydrogen-bond donors (Lipinski definition) is 2. The Labute approximate surface area is 158 Å². The number of rotatable bonds is 6. The van der Waals surface area contributed by atoms with Crippen molar-refractivity contribution in [3.05, 3.63) is 46.2 Å². The topological polar surface area (TPSA) is 87.2 Å². The first kappa shape index (κ1) is 19.3. The molecule has 0 fully saturated rings. The third kappa shape index (κ3) is 6.08. The fourth-order valence-electron chi connectivity index (χ4n) is 1.88. The standard InChI is InChI=1S/C16H17BrClN5O2/c1-10(16(25)22-14-6-4-12(18)8-20-14)23(2)9-15(24)21-13-5-3-11(17)7-19-13/h3-8,10H,9H2,1-2H3,(H,19,21,24)(H,20,22,25). The van der Waals surface area contributed by atoms with Crippen LogP contribution in [0.3, 0.4) is 0 Å². The molecule has 2 heterocycles. The Morgan fingerprint density at radius 2 is 1.80 bits per heavy atom. The third-order valence-electron chi connectivity index (χ3n) is 3.41. The number of likely N-dealkylation sites (N-methyl/N-ethyl adjacent to an activating group) is 1. The molecule has 2 N–H and O–H groups in total. The molecule has 0 radical (unpaired) electrons. The van der Waals surface area contributed by atoms with Gasteiger partial charge in [-0.15, -0.1) is 0 Å². The molecule has 0 aliphatic rings. The molecule has 2 aromatic rings. The van der Waals surface area contributed by atoms with Gasteiger partial charge in [0, 0.05) is 16.9 Å². The lowest BCUT2D eigenvalue weighted by atomic mass is 10.2. The van der Waals surface area contributed by atoms with Crippen molar-refractivity contribution in [1.82, 2.24) is 14.9 Å². The lowest BCUT2D eigenvalue weighted by Crippen LogP contribution is -2.43. The monoisotopic (exact) mass is 425 g/mol. The zero-order valence-electron chi connectivity index (χ0n) is 13.7. The quantitative estimate of drug-likeness (QED) is 0.742. The Bertz CT molecular complexity index is 739. The van der Waals surface area contributed by atoms with Gasteiger partial charge in [-0.1, -0.05) is 11.6 Å². The van der Waals surface area contributed by atoms with Gasteiger partial charge in [0.15, 0.2) is 0 Å². The van der Waals surface area contributed by atoms with E-state index in [0.29, 0.717) is 16.7 Å². The number of pyridine rings is 2. The molecule has 132 valence electrons. The summed E-state index contributed by atoms with van der Waals surface area (Å²) in [4.78, 5) is 34.0. The number of amides is 2. The van der Waals surface area contributed by atoms with Crippen molar-refractivity contribution in [2.75, 3.05) is 24.2 Å². The summed E-state index contributed by atoms with van der Waals surface area (Å²) < 4.78 is 0.823. The predicted octanol–water partition coefficient (Wildman–Crippen LogP) is 2.79. The zero-order chi connectivity index (χ0) is 18.4. The largest absolute Gasteiger partial charge is 0.310 e. The second kappa shape index (κ2) is 8.89. The first-order valence-corrected chi connectivity index (χ1v) is 8.56. The van der Waals surface area contributed by atoms with Crippen molar-refractivity contribution in [2.45, 2.75) is 13.0 Å². The molecule has 2 aromatic heterocycles. The zero-order valence-corrected chi connectivity index (χ0v) is 16.0. The minimum absolute atomic E-state index is 0.0420. The van der Waals surface area contributed by atoms with E-state index in [2.05, 4.69) is 36.5 Å². The number of hydrogen-bond acceptors (Lipinski definition) is 5. The number of nitrogens with one attached hydrogen (secondary N) is 2. The van der Waals surface area contributed by atoms with Gasteiger partial charge in [-0.2, -0.15) is 0 Å². The van der Waals surface area contributed by atoms with Gasteiger partial charge in [-0.3, -0.25) is 14.5 Å². The Hall–Kier alpha value is -2.03. The second-order valence-corrected chi connectivity index (χ2v) is 6.70. The Morgan fingerprint density at radius 3 is 2.40 bits per heavy atom. The van der Waals surface area contributed by atoms with Crippen LogP contribution < -0.4 is 10.6 Å². The van der Waals surface area contributed by atoms with Crippen molar-refractivity contribution in [1.29, 1.82) is 0 Å². The molecule has 0 saturated heterocycles. The minimum Gasteiger partial charge on any atom is -0.310 e. The Morgan fingerprint density at radius 1 is 1.16 bits per heavy atom. The van der Waals surface area contributed by atoms with Crippen molar-refractivity contribution in [2.24, 2.45) is 0 Å². The van der Waals surface area contributed by atoms with E-state index in [4.69, 9.17) is 11.6 Å². The van der Waals surface area contributed by atoms with Crippen molar-refractivity contribution in [3.8, 4) is 0 Å². The third-order valence-corrected chi connectivity index (χ3v) is 4.10. The summed E-state index contributed by atoms with van der Waals surface area (Å²) in [6.45, 7) is 1.75. The first-order valence-electron chi connectivity index (χ1n) is 7.39. The van der Waals surface area contributed by atoms with Crippen LogP contribution in [0.1, 0.15) is 6.92 Å². The second-order valence-electron chi connectivity index (χ2n) is 5.35. The fourth-order valence-corrected chi connectivity index (χ4v) is 2.22. The van der Waals surface area contributed by atoms with Crippen molar-refractivity contribution < 1.29 is 9.59 Å². The maximum atomic E-state index is 12.2. The molecule has 0 bridgehead atoms. The molecule has 9 heteroatoms. The molecule has 0 aliphatic heterocycles. The van der Waals surface area contributed by atoms with Gasteiger partial charge in [0.05, 0.1) is 17.6 Å². The van der Waals surface area contributed by atoms with Crippen LogP contribution in [0, 0.1) is 0 Å². The van der Waals surface area contributed by atoms with E-state index in [0.717, 1.165) is 4.47 Å². The molecule has 25 heavy (non-hydrogen) atoms. The van der Waals surface area contributed by atoms with E-state index < -0.39 is 6.04 Å². The molecule has 1 atom stereocenters. The number of anilines is 2. The van der Waals surface area contributed by atoms with Crippen LogP contribution in [0.4, 0.5) is 11.6 Å². The fraction of sp³-hybridized carbons (Fsp3) is 0.250. The highest BCUT2D eigenvalue weighted by Crippen LogP contribution is 2.12. The normalized spacial score (nSPS) is 11.9. The van der Waals surface area contributed by atoms with Crippen LogP contribution in [0.15, 0.2) is 41.1 Å². The highest BCUT2D eigenvalue weighted by molar-refractivity contribution is 9.10. The van der Waals surface area contributed by atoms with E-state index in [9.17, 15) is 9.59 Å². The lowest BCUT2D eigenvalue weighted by Gasteiger charge is -2.23. The van der Waals surface area contributed by atoms with Crippen molar-refractivity contribution in [3.63, 3.8) is 0 Å². The molecule has 2 amide bonds. The van der Waals surface area contributed by atoms with E-state index in [1.54, 1.807) is 49.3 Å². The molecule has 0 saturated carbocycles. The summed E-state index contributed by atoms with van der Waals surface area (Å²) in [5, 5.41) is 5.85. The van der Waals surface area contributed by atoms with Gasteiger partial charge in [0.25, 0.3) is 0 Å². The number of carbonyl (C=O) groups is 2. The highest BCUT2D eigenvalue weighted by atomic mass is 79.9. The van der Waals surface area contributed by atoms with Gasteiger partial charge >= 0.3 is 0 Å². The number of carbonyl (C=O) groups excluding carboxylic acids is 2. The Balaban J connectivity index is 1.86. The van der Waals surface area contributed by atoms with Gasteiger partial charge in [-0.25, -0.2) is 9.97 Å². The summed E-state index contributed by atoms with van der Waals surface area (Å²) in [5.74, 6) is 0.315. The average molecular weight is 427 g/mol. The van der Waals surface area contributed by atoms with Crippen molar-refractivity contribution >= 4 is 51.0 Å².